The third-order valence-electron chi connectivity index (χ3n) is 5.68. The number of carbonyl (C=O) groups excluding carboxylic acids is 1. The van der Waals surface area contributed by atoms with E-state index in [1.807, 2.05) is 0 Å². The van der Waals surface area contributed by atoms with Gasteiger partial charge in [-0.25, -0.2) is 9.48 Å². The number of nitrogens with one attached hydrogen (secondary N) is 1. The number of amides is 1. The van der Waals surface area contributed by atoms with Crippen LogP contribution in [0.3, 0.4) is 0 Å². The molecule has 3 rings (SSSR count). The van der Waals surface area contributed by atoms with E-state index in [0.717, 1.165) is 12.8 Å². The Morgan fingerprint density at radius 1 is 1.31 bits per heavy atom. The van der Waals surface area contributed by atoms with Crippen molar-refractivity contribution < 1.29 is 37.3 Å². The third kappa shape index (κ3) is 7.82. The number of ether oxygens (including phenoxy) is 2. The molecule has 0 radical (unpaired) electrons. The molecule has 1 amide bonds. The summed E-state index contributed by atoms with van der Waals surface area (Å²) in [5.74, 6) is -1.57. The van der Waals surface area contributed by atoms with Crippen molar-refractivity contribution in [1.29, 1.82) is 0 Å². The normalized spacial score (nSPS) is 19.1. The van der Waals surface area contributed by atoms with Gasteiger partial charge >= 0.3 is 18.2 Å². The van der Waals surface area contributed by atoms with E-state index < -0.39 is 36.5 Å². The van der Waals surface area contributed by atoms with Crippen molar-refractivity contribution in [3.05, 3.63) is 24.0 Å². The molecule has 2 aromatic rings. The fraction of sp³-hybridized carbons (Fsp3) is 0.591. The second-order valence-corrected chi connectivity index (χ2v) is 8.71. The highest BCUT2D eigenvalue weighted by Crippen LogP contribution is 2.29. The van der Waals surface area contributed by atoms with Crippen molar-refractivity contribution in [1.82, 2.24) is 25.3 Å². The lowest BCUT2D eigenvalue weighted by Gasteiger charge is -2.27. The number of carbonyl (C=O) groups is 2. The van der Waals surface area contributed by atoms with Gasteiger partial charge in [0.25, 0.3) is 0 Å². The van der Waals surface area contributed by atoms with Crippen LogP contribution in [0.2, 0.25) is 0 Å². The first-order valence-electron chi connectivity index (χ1n) is 11.2. The molecule has 0 spiro atoms. The van der Waals surface area contributed by atoms with Crippen molar-refractivity contribution in [3.63, 3.8) is 0 Å². The number of halogens is 3. The van der Waals surface area contributed by atoms with Crippen LogP contribution in [0.15, 0.2) is 18.3 Å². The van der Waals surface area contributed by atoms with Gasteiger partial charge in [-0.1, -0.05) is 12.1 Å². The summed E-state index contributed by atoms with van der Waals surface area (Å²) in [5, 5.41) is 19.7. The van der Waals surface area contributed by atoms with E-state index in [0.29, 0.717) is 35.7 Å². The number of carboxylic acid groups (broad SMARTS) is 1. The van der Waals surface area contributed by atoms with Gasteiger partial charge in [0.2, 0.25) is 0 Å². The first-order chi connectivity index (χ1) is 16.5. The first kappa shape index (κ1) is 26.2. The van der Waals surface area contributed by atoms with Crippen LogP contribution >= 0.6 is 0 Å². The van der Waals surface area contributed by atoms with Crippen molar-refractivity contribution in [2.75, 3.05) is 6.61 Å². The maximum Gasteiger partial charge on any atom is 0.407 e. The molecule has 0 bridgehead atoms. The average Bonchev–Trinajstić information content (AvgIpc) is 3.16. The molecular formula is C22H28F3N5O5. The zero-order valence-electron chi connectivity index (χ0n) is 19.4. The maximum atomic E-state index is 12.4. The predicted octanol–water partition coefficient (Wildman–Crippen LogP) is 3.71. The molecule has 1 saturated carbocycles. The van der Waals surface area contributed by atoms with Crippen LogP contribution in [0, 0.1) is 11.8 Å². The van der Waals surface area contributed by atoms with Crippen molar-refractivity contribution in [3.8, 4) is 17.1 Å². The van der Waals surface area contributed by atoms with Crippen LogP contribution in [0.4, 0.5) is 18.0 Å². The summed E-state index contributed by atoms with van der Waals surface area (Å²) in [5.41, 5.74) is 1.40. The molecule has 35 heavy (non-hydrogen) atoms. The zero-order valence-corrected chi connectivity index (χ0v) is 19.4. The van der Waals surface area contributed by atoms with Crippen molar-refractivity contribution in [2.24, 2.45) is 18.9 Å². The molecule has 0 saturated heterocycles. The lowest BCUT2D eigenvalue weighted by molar-refractivity contribution is -0.146. The molecule has 3 atom stereocenters. The highest BCUT2D eigenvalue weighted by atomic mass is 19.4. The van der Waals surface area contributed by atoms with Gasteiger partial charge in [-0.05, 0) is 43.7 Å². The molecule has 0 aromatic carbocycles. The Kier molecular flexibility index (Phi) is 8.52. The molecule has 1 fully saturated rings. The number of hydrogen-bond donors (Lipinski definition) is 2. The summed E-state index contributed by atoms with van der Waals surface area (Å²) in [6, 6.07) is 3.38. The van der Waals surface area contributed by atoms with E-state index >= 15 is 0 Å². The Morgan fingerprint density at radius 2 is 2.09 bits per heavy atom. The first-order valence-corrected chi connectivity index (χ1v) is 11.2. The molecule has 2 N–H and O–H groups in total. The van der Waals surface area contributed by atoms with E-state index in [1.165, 1.54) is 17.8 Å². The Labute approximate surface area is 199 Å². The standard InChI is InChI=1S/C22H28F3N5O5/c1-13(9-22(23,24)25)12-34-21(33)27-11-18-19(28-29-30(18)2)17-7-6-16(10-26-17)35-15-5-3-4-14(8-15)20(31)32/h6-7,10,13-15H,3-5,8-9,11-12H2,1-2H3,(H,27,33)(H,31,32)/t13?,14?,15-/m0/s1. The van der Waals surface area contributed by atoms with Crippen molar-refractivity contribution >= 4 is 12.1 Å². The largest absolute Gasteiger partial charge is 0.489 e. The Morgan fingerprint density at radius 3 is 2.74 bits per heavy atom. The number of carboxylic acids is 1. The van der Waals surface area contributed by atoms with Crippen LogP contribution in [0.1, 0.15) is 44.7 Å². The Hall–Kier alpha value is -3.38. The number of aryl methyl sites for hydroxylation is 1. The highest BCUT2D eigenvalue weighted by molar-refractivity contribution is 5.70. The summed E-state index contributed by atoms with van der Waals surface area (Å²) < 4.78 is 49.4. The van der Waals surface area contributed by atoms with Crippen LogP contribution in [0.25, 0.3) is 11.4 Å². The minimum absolute atomic E-state index is 0.0239. The zero-order chi connectivity index (χ0) is 25.6. The number of pyridine rings is 1. The summed E-state index contributed by atoms with van der Waals surface area (Å²) in [7, 11) is 1.63. The molecule has 1 aliphatic carbocycles. The van der Waals surface area contributed by atoms with Crippen molar-refractivity contribution in [2.45, 2.75) is 57.9 Å². The number of aliphatic carboxylic acids is 1. The van der Waals surface area contributed by atoms with E-state index in [4.69, 9.17) is 9.47 Å². The Bertz CT molecular complexity index is 1010. The quantitative estimate of drug-likeness (QED) is 0.534. The minimum Gasteiger partial charge on any atom is -0.489 e. The fourth-order valence-corrected chi connectivity index (χ4v) is 3.91. The summed E-state index contributed by atoms with van der Waals surface area (Å²) in [6.45, 7) is 0.963. The SMILES string of the molecule is CC(COC(=O)NCc1c(-c2ccc(O[C@H]3CCCC(C(=O)O)C3)cn2)nnn1C)CC(F)(F)F. The molecule has 2 aromatic heterocycles. The molecule has 10 nitrogen and oxygen atoms in total. The number of hydrogen-bond acceptors (Lipinski definition) is 7. The van der Waals surface area contributed by atoms with Crippen LogP contribution in [0.5, 0.6) is 5.75 Å². The van der Waals surface area contributed by atoms with E-state index in [9.17, 15) is 27.9 Å². The van der Waals surface area contributed by atoms with Gasteiger partial charge in [0, 0.05) is 13.5 Å². The highest BCUT2D eigenvalue weighted by Gasteiger charge is 2.30. The fourth-order valence-electron chi connectivity index (χ4n) is 3.91. The average molecular weight is 499 g/mol. The lowest BCUT2D eigenvalue weighted by atomic mass is 9.87. The van der Waals surface area contributed by atoms with Crippen LogP contribution in [-0.4, -0.2) is 56.0 Å². The number of rotatable bonds is 9. The molecule has 0 aliphatic heterocycles. The Balaban J connectivity index is 1.56. The smallest absolute Gasteiger partial charge is 0.407 e. The van der Waals surface area contributed by atoms with Crippen LogP contribution < -0.4 is 10.1 Å². The van der Waals surface area contributed by atoms with E-state index in [-0.39, 0.29) is 19.3 Å². The third-order valence-corrected chi connectivity index (χ3v) is 5.68. The van der Waals surface area contributed by atoms with Gasteiger partial charge in [0.1, 0.15) is 11.4 Å². The van der Waals surface area contributed by atoms with Gasteiger partial charge in [-0.15, -0.1) is 5.10 Å². The predicted molar refractivity (Wildman–Crippen MR) is 116 cm³/mol. The lowest BCUT2D eigenvalue weighted by Crippen LogP contribution is -2.29. The van der Waals surface area contributed by atoms with Gasteiger partial charge in [0.15, 0.2) is 0 Å². The molecule has 2 unspecified atom stereocenters. The summed E-state index contributed by atoms with van der Waals surface area (Å²) in [6.07, 6.45) is -2.24. The van der Waals surface area contributed by atoms with Gasteiger partial charge < -0.3 is 19.9 Å². The molecule has 2 heterocycles. The minimum atomic E-state index is -4.32. The molecule has 13 heteroatoms. The van der Waals surface area contributed by atoms with Gasteiger partial charge in [-0.3, -0.25) is 9.78 Å². The van der Waals surface area contributed by atoms with Gasteiger partial charge in [0.05, 0.1) is 42.8 Å². The number of alkyl carbamates (subject to hydrolysis) is 1. The summed E-state index contributed by atoms with van der Waals surface area (Å²) >= 11 is 0. The number of nitrogens with zero attached hydrogens (tertiary/aromatic N) is 4. The second kappa shape index (κ2) is 11.4. The molecule has 1 aliphatic rings. The number of alkyl halides is 3. The van der Waals surface area contributed by atoms with Crippen LogP contribution in [-0.2, 0) is 23.1 Å². The van der Waals surface area contributed by atoms with E-state index in [1.54, 1.807) is 19.2 Å². The number of aromatic nitrogens is 4. The monoisotopic (exact) mass is 499 g/mol. The topological polar surface area (TPSA) is 128 Å². The molecule has 192 valence electrons. The van der Waals surface area contributed by atoms with E-state index in [2.05, 4.69) is 20.6 Å². The maximum absolute atomic E-state index is 12.4. The molecular weight excluding hydrogens is 471 g/mol. The summed E-state index contributed by atoms with van der Waals surface area (Å²) in [4.78, 5) is 27.5. The second-order valence-electron chi connectivity index (χ2n) is 8.71. The van der Waals surface area contributed by atoms with Gasteiger partial charge in [-0.2, -0.15) is 13.2 Å².